The molecule has 0 heterocycles. The fourth-order valence-electron chi connectivity index (χ4n) is 1.20. The van der Waals surface area contributed by atoms with E-state index < -0.39 is 30.4 Å². The van der Waals surface area contributed by atoms with Gasteiger partial charge in [-0.15, -0.1) is 0 Å². The number of hydrogen-bond donors (Lipinski definition) is 2. The Labute approximate surface area is 102 Å². The van der Waals surface area contributed by atoms with Crippen LogP contribution in [0.2, 0.25) is 0 Å². The minimum absolute atomic E-state index is 0.348. The van der Waals surface area contributed by atoms with E-state index in [4.69, 9.17) is 5.11 Å². The molecule has 0 amide bonds. The Hall–Kier alpha value is -1.31. The Morgan fingerprint density at radius 1 is 1.39 bits per heavy atom. The molecule has 0 saturated carbocycles. The molecule has 0 aromatic rings. The quantitative estimate of drug-likeness (QED) is 0.566. The predicted octanol–water partition coefficient (Wildman–Crippen LogP) is 1.53. The third kappa shape index (κ3) is 4.17. The number of halogens is 3. The number of carboxylic acid groups (broad SMARTS) is 1. The molecular formula is C10H16F3NO4. The SMILES string of the molecule is CC[C@H](C)[C@](C)(NCOC(=O)C(F)(F)F)C(=O)O. The van der Waals surface area contributed by atoms with Gasteiger partial charge in [-0.2, -0.15) is 13.2 Å². The van der Waals surface area contributed by atoms with Crippen LogP contribution in [0.1, 0.15) is 27.2 Å². The molecule has 106 valence electrons. The second-order valence-electron chi connectivity index (χ2n) is 4.07. The largest absolute Gasteiger partial charge is 0.490 e. The highest BCUT2D eigenvalue weighted by Crippen LogP contribution is 2.21. The molecule has 0 fully saturated rings. The van der Waals surface area contributed by atoms with Crippen LogP contribution < -0.4 is 5.32 Å². The molecule has 0 aromatic carbocycles. The topological polar surface area (TPSA) is 75.6 Å². The van der Waals surface area contributed by atoms with E-state index in [2.05, 4.69) is 10.1 Å². The number of rotatable bonds is 6. The first-order valence-electron chi connectivity index (χ1n) is 5.28. The fourth-order valence-corrected chi connectivity index (χ4v) is 1.20. The molecule has 0 unspecified atom stereocenters. The van der Waals surface area contributed by atoms with E-state index in [1.807, 2.05) is 0 Å². The van der Waals surface area contributed by atoms with E-state index in [0.29, 0.717) is 6.42 Å². The number of hydrogen-bond acceptors (Lipinski definition) is 4. The van der Waals surface area contributed by atoms with Crippen LogP contribution in [0, 0.1) is 5.92 Å². The second-order valence-corrected chi connectivity index (χ2v) is 4.07. The van der Waals surface area contributed by atoms with Crippen molar-refractivity contribution in [3.05, 3.63) is 0 Å². The van der Waals surface area contributed by atoms with Crippen LogP contribution in [-0.2, 0) is 14.3 Å². The minimum atomic E-state index is -5.09. The number of aliphatic carboxylic acids is 1. The van der Waals surface area contributed by atoms with Crippen LogP contribution in [0.15, 0.2) is 0 Å². The van der Waals surface area contributed by atoms with Gasteiger partial charge >= 0.3 is 18.1 Å². The molecule has 0 aliphatic carbocycles. The predicted molar refractivity (Wildman–Crippen MR) is 55.6 cm³/mol. The summed E-state index contributed by atoms with van der Waals surface area (Å²) >= 11 is 0. The maximum Gasteiger partial charge on any atom is 0.490 e. The van der Waals surface area contributed by atoms with E-state index in [9.17, 15) is 22.8 Å². The highest BCUT2D eigenvalue weighted by molar-refractivity contribution is 5.79. The summed E-state index contributed by atoms with van der Waals surface area (Å²) in [5, 5.41) is 11.3. The number of carboxylic acids is 1. The molecule has 0 bridgehead atoms. The first kappa shape index (κ1) is 16.7. The molecule has 0 saturated heterocycles. The van der Waals surface area contributed by atoms with Gasteiger partial charge in [0.1, 0.15) is 12.3 Å². The summed E-state index contributed by atoms with van der Waals surface area (Å²) in [6, 6.07) is 0. The number of ether oxygens (including phenoxy) is 1. The van der Waals surface area contributed by atoms with Crippen molar-refractivity contribution in [1.29, 1.82) is 0 Å². The van der Waals surface area contributed by atoms with E-state index in [1.165, 1.54) is 6.92 Å². The van der Waals surface area contributed by atoms with Gasteiger partial charge in [0.2, 0.25) is 0 Å². The average molecular weight is 271 g/mol. The molecule has 0 radical (unpaired) electrons. The Kier molecular flexibility index (Phi) is 5.59. The van der Waals surface area contributed by atoms with Crippen LogP contribution in [0.3, 0.4) is 0 Å². The van der Waals surface area contributed by atoms with Crippen molar-refractivity contribution in [1.82, 2.24) is 5.32 Å². The lowest BCUT2D eigenvalue weighted by molar-refractivity contribution is -0.201. The number of nitrogens with one attached hydrogen (secondary N) is 1. The van der Waals surface area contributed by atoms with E-state index >= 15 is 0 Å². The molecule has 0 spiro atoms. The Bertz CT molecular complexity index is 319. The van der Waals surface area contributed by atoms with Gasteiger partial charge in [0.15, 0.2) is 0 Å². The van der Waals surface area contributed by atoms with Crippen LogP contribution >= 0.6 is 0 Å². The molecule has 2 atom stereocenters. The smallest absolute Gasteiger partial charge is 0.480 e. The summed E-state index contributed by atoms with van der Waals surface area (Å²) in [6.07, 6.45) is -4.58. The number of alkyl halides is 3. The third-order valence-corrected chi connectivity index (χ3v) is 2.92. The molecule has 8 heteroatoms. The summed E-state index contributed by atoms with van der Waals surface area (Å²) in [6.45, 7) is 3.89. The van der Waals surface area contributed by atoms with E-state index in [-0.39, 0.29) is 5.92 Å². The minimum Gasteiger partial charge on any atom is -0.480 e. The molecule has 0 rings (SSSR count). The van der Waals surface area contributed by atoms with Crippen LogP contribution in [-0.4, -0.2) is 35.5 Å². The van der Waals surface area contributed by atoms with Crippen LogP contribution in [0.5, 0.6) is 0 Å². The highest BCUT2D eigenvalue weighted by atomic mass is 19.4. The summed E-state index contributed by atoms with van der Waals surface area (Å²) in [7, 11) is 0. The van der Waals surface area contributed by atoms with E-state index in [0.717, 1.165) is 0 Å². The molecule has 0 aromatic heterocycles. The summed E-state index contributed by atoms with van der Waals surface area (Å²) in [4.78, 5) is 21.5. The van der Waals surface area contributed by atoms with Gasteiger partial charge < -0.3 is 9.84 Å². The van der Waals surface area contributed by atoms with Crippen LogP contribution in [0.25, 0.3) is 0 Å². The first-order valence-corrected chi connectivity index (χ1v) is 5.28. The van der Waals surface area contributed by atoms with Crippen molar-refractivity contribution in [2.24, 2.45) is 5.92 Å². The van der Waals surface area contributed by atoms with Gasteiger partial charge in [-0.05, 0) is 12.8 Å². The lowest BCUT2D eigenvalue weighted by Gasteiger charge is -2.31. The van der Waals surface area contributed by atoms with Gasteiger partial charge in [-0.3, -0.25) is 10.1 Å². The van der Waals surface area contributed by atoms with Gasteiger partial charge in [0.05, 0.1) is 0 Å². The molecule has 18 heavy (non-hydrogen) atoms. The van der Waals surface area contributed by atoms with Crippen LogP contribution in [0.4, 0.5) is 13.2 Å². The second kappa shape index (κ2) is 6.03. The zero-order valence-electron chi connectivity index (χ0n) is 10.3. The lowest BCUT2D eigenvalue weighted by Crippen LogP contribution is -2.55. The van der Waals surface area contributed by atoms with Gasteiger partial charge in [0.25, 0.3) is 0 Å². The number of esters is 1. The average Bonchev–Trinajstić information content (AvgIpc) is 2.25. The first-order chi connectivity index (χ1) is 8.05. The Balaban J connectivity index is 4.49. The summed E-state index contributed by atoms with van der Waals surface area (Å²) < 4.78 is 39.4. The van der Waals surface area contributed by atoms with Gasteiger partial charge in [-0.1, -0.05) is 20.3 Å². The monoisotopic (exact) mass is 271 g/mol. The van der Waals surface area contributed by atoms with Crippen molar-refractivity contribution in [3.8, 4) is 0 Å². The van der Waals surface area contributed by atoms with E-state index in [1.54, 1.807) is 13.8 Å². The van der Waals surface area contributed by atoms with Crippen molar-refractivity contribution in [2.45, 2.75) is 38.9 Å². The normalized spacial score (nSPS) is 16.8. The number of carbonyl (C=O) groups is 2. The van der Waals surface area contributed by atoms with Gasteiger partial charge in [-0.25, -0.2) is 4.79 Å². The molecule has 0 aliphatic rings. The standard InChI is InChI=1S/C10H16F3NO4/c1-4-6(2)9(3,7(15)16)14-5-18-8(17)10(11,12)13/h6,14H,4-5H2,1-3H3,(H,15,16)/t6-,9-/m0/s1. The zero-order chi connectivity index (χ0) is 14.6. The summed E-state index contributed by atoms with van der Waals surface area (Å²) in [5.74, 6) is -3.92. The maximum absolute atomic E-state index is 11.8. The maximum atomic E-state index is 11.8. The third-order valence-electron chi connectivity index (χ3n) is 2.92. The van der Waals surface area contributed by atoms with Gasteiger partial charge in [0, 0.05) is 0 Å². The van der Waals surface area contributed by atoms with Crippen molar-refractivity contribution in [2.75, 3.05) is 6.73 Å². The number of carbonyl (C=O) groups excluding carboxylic acids is 1. The highest BCUT2D eigenvalue weighted by Gasteiger charge is 2.42. The summed E-state index contributed by atoms with van der Waals surface area (Å²) in [5.41, 5.74) is -1.46. The van der Waals surface area contributed by atoms with Crippen molar-refractivity contribution < 1.29 is 32.6 Å². The Morgan fingerprint density at radius 2 is 1.89 bits per heavy atom. The lowest BCUT2D eigenvalue weighted by atomic mass is 9.85. The molecule has 5 nitrogen and oxygen atoms in total. The molecule has 0 aliphatic heterocycles. The van der Waals surface area contributed by atoms with Crippen molar-refractivity contribution in [3.63, 3.8) is 0 Å². The van der Waals surface area contributed by atoms with Crippen molar-refractivity contribution >= 4 is 11.9 Å². The Morgan fingerprint density at radius 3 is 2.22 bits per heavy atom. The zero-order valence-corrected chi connectivity index (χ0v) is 10.3. The molecule has 2 N–H and O–H groups in total. The molecular weight excluding hydrogens is 255 g/mol. The fraction of sp³-hybridized carbons (Fsp3) is 0.800.